The lowest BCUT2D eigenvalue weighted by Gasteiger charge is -2.24. The number of hydrogen-bond acceptors (Lipinski definition) is 6. The van der Waals surface area contributed by atoms with Crippen LogP contribution in [-0.4, -0.2) is 66.1 Å². The monoisotopic (exact) mass is 376 g/mol. The number of amides is 2. The predicted molar refractivity (Wildman–Crippen MR) is 104 cm³/mol. The van der Waals surface area contributed by atoms with Crippen molar-refractivity contribution in [3.05, 3.63) is 38.9 Å². The van der Waals surface area contributed by atoms with Crippen LogP contribution in [0, 0.1) is 0 Å². The summed E-state index contributed by atoms with van der Waals surface area (Å²) in [6.45, 7) is 1.95. The number of likely N-dealkylation sites (N-methyl/N-ethyl adjacent to an activating group) is 1. The van der Waals surface area contributed by atoms with E-state index in [-0.39, 0.29) is 17.6 Å². The van der Waals surface area contributed by atoms with E-state index in [1.165, 1.54) is 6.07 Å². The van der Waals surface area contributed by atoms with Crippen LogP contribution in [0.15, 0.2) is 27.7 Å². The van der Waals surface area contributed by atoms with Crippen molar-refractivity contribution in [2.24, 2.45) is 0 Å². The Morgan fingerprint density at radius 1 is 1.46 bits per heavy atom. The number of nitrogens with zero attached hydrogens (tertiary/aromatic N) is 4. The van der Waals surface area contributed by atoms with Crippen LogP contribution in [0.4, 0.5) is 16.4 Å². The van der Waals surface area contributed by atoms with E-state index in [4.69, 9.17) is 0 Å². The van der Waals surface area contributed by atoms with Crippen LogP contribution in [0.1, 0.15) is 12.1 Å². The number of carbonyl (C=O) groups is 1. The van der Waals surface area contributed by atoms with Gasteiger partial charge >= 0.3 is 6.03 Å². The third kappa shape index (κ3) is 4.41. The Balaban J connectivity index is 1.58. The number of H-pyrrole nitrogens is 1. The van der Waals surface area contributed by atoms with Gasteiger partial charge in [0.2, 0.25) is 5.95 Å². The number of aromatic nitrogens is 2. The second kappa shape index (κ2) is 7.88. The second-order valence-electron chi connectivity index (χ2n) is 6.70. The number of carbonyl (C=O) groups excluding carboxylic acids is 1. The minimum atomic E-state index is -0.157. The van der Waals surface area contributed by atoms with Crippen molar-refractivity contribution in [3.8, 4) is 0 Å². The first kappa shape index (κ1) is 18.4. The first-order chi connectivity index (χ1) is 12.4. The number of likely N-dealkylation sites (tertiary alicyclic amines) is 1. The van der Waals surface area contributed by atoms with Crippen molar-refractivity contribution < 1.29 is 4.79 Å². The van der Waals surface area contributed by atoms with Crippen molar-refractivity contribution in [1.29, 1.82) is 0 Å². The quantitative estimate of drug-likeness (QED) is 0.829. The third-order valence-corrected chi connectivity index (χ3v) is 5.15. The van der Waals surface area contributed by atoms with Gasteiger partial charge in [-0.3, -0.25) is 14.7 Å². The summed E-state index contributed by atoms with van der Waals surface area (Å²) < 4.78 is 0. The molecule has 1 aliphatic heterocycles. The Labute approximate surface area is 156 Å². The van der Waals surface area contributed by atoms with Gasteiger partial charge < -0.3 is 15.1 Å². The Kier molecular flexibility index (Phi) is 5.58. The molecule has 0 saturated carbocycles. The minimum Gasteiger partial charge on any atom is -0.348 e. The van der Waals surface area contributed by atoms with E-state index in [9.17, 15) is 9.59 Å². The summed E-state index contributed by atoms with van der Waals surface area (Å²) >= 11 is 1.56. The molecule has 0 unspecified atom stereocenters. The summed E-state index contributed by atoms with van der Waals surface area (Å²) in [7, 11) is 5.68. The third-order valence-electron chi connectivity index (χ3n) is 4.46. The molecule has 2 aromatic rings. The van der Waals surface area contributed by atoms with E-state index in [2.05, 4.69) is 20.2 Å². The maximum atomic E-state index is 12.3. The summed E-state index contributed by atoms with van der Waals surface area (Å²) in [5, 5.41) is 6.77. The molecule has 1 fully saturated rings. The molecule has 140 valence electrons. The number of rotatable bonds is 5. The van der Waals surface area contributed by atoms with E-state index in [1.807, 2.05) is 42.9 Å². The highest BCUT2D eigenvalue weighted by atomic mass is 32.1. The smallest absolute Gasteiger partial charge is 0.321 e. The molecule has 2 amide bonds. The van der Waals surface area contributed by atoms with E-state index in [0.717, 1.165) is 24.3 Å². The van der Waals surface area contributed by atoms with Gasteiger partial charge in [0.25, 0.3) is 5.56 Å². The lowest BCUT2D eigenvalue weighted by atomic mass is 10.2. The highest BCUT2D eigenvalue weighted by molar-refractivity contribution is 7.08. The maximum Gasteiger partial charge on any atom is 0.321 e. The number of anilines is 2. The molecule has 9 heteroatoms. The SMILES string of the molecule is CN(C)c1nc(CN(C)[C@H]2CCN(C(=O)Nc3ccsc3)C2)cc(=O)[nH]1. The second-order valence-corrected chi connectivity index (χ2v) is 7.48. The first-order valence-corrected chi connectivity index (χ1v) is 9.42. The molecule has 3 rings (SSSR count). The molecule has 1 aliphatic rings. The Bertz CT molecular complexity index is 804. The molecule has 0 radical (unpaired) electrons. The van der Waals surface area contributed by atoms with Gasteiger partial charge in [-0.05, 0) is 24.9 Å². The van der Waals surface area contributed by atoms with E-state index < -0.39 is 0 Å². The molecule has 0 aromatic carbocycles. The van der Waals surface area contributed by atoms with Gasteiger partial charge in [-0.1, -0.05) is 0 Å². The summed E-state index contributed by atoms with van der Waals surface area (Å²) in [5.41, 5.74) is 1.40. The zero-order chi connectivity index (χ0) is 18.7. The zero-order valence-electron chi connectivity index (χ0n) is 15.2. The number of thiophene rings is 1. The van der Waals surface area contributed by atoms with E-state index >= 15 is 0 Å². The van der Waals surface area contributed by atoms with Crippen LogP contribution in [0.2, 0.25) is 0 Å². The normalized spacial score (nSPS) is 16.9. The van der Waals surface area contributed by atoms with Crippen molar-refractivity contribution in [2.75, 3.05) is 44.4 Å². The van der Waals surface area contributed by atoms with Crippen molar-refractivity contribution in [2.45, 2.75) is 19.0 Å². The number of aromatic amines is 1. The van der Waals surface area contributed by atoms with Crippen LogP contribution in [0.5, 0.6) is 0 Å². The van der Waals surface area contributed by atoms with Gasteiger partial charge in [-0.2, -0.15) is 11.3 Å². The Morgan fingerprint density at radius 2 is 2.27 bits per heavy atom. The number of urea groups is 1. The highest BCUT2D eigenvalue weighted by Crippen LogP contribution is 2.19. The van der Waals surface area contributed by atoms with Gasteiger partial charge in [-0.15, -0.1) is 0 Å². The zero-order valence-corrected chi connectivity index (χ0v) is 16.0. The van der Waals surface area contributed by atoms with Gasteiger partial charge in [0.1, 0.15) is 0 Å². The van der Waals surface area contributed by atoms with E-state index in [1.54, 1.807) is 16.2 Å². The molecule has 8 nitrogen and oxygen atoms in total. The number of hydrogen-bond donors (Lipinski definition) is 2. The molecule has 3 heterocycles. The topological polar surface area (TPSA) is 84.6 Å². The summed E-state index contributed by atoms with van der Waals surface area (Å²) in [4.78, 5) is 37.1. The van der Waals surface area contributed by atoms with E-state index in [0.29, 0.717) is 19.0 Å². The molecule has 1 atom stereocenters. The van der Waals surface area contributed by atoms with Crippen molar-refractivity contribution >= 4 is 29.0 Å². The first-order valence-electron chi connectivity index (χ1n) is 8.48. The summed E-state index contributed by atoms with van der Waals surface area (Å²) in [5.74, 6) is 0.545. The standard InChI is InChI=1S/C17H24N6O2S/c1-21(2)16-18-13(8-15(24)20-16)9-22(3)14-4-6-23(10-14)17(25)19-12-5-7-26-11-12/h5,7-8,11,14H,4,6,9-10H2,1-3H3,(H,19,25)(H,18,20,24)/t14-/m0/s1. The van der Waals surface area contributed by atoms with Gasteiger partial charge in [0, 0.05) is 51.2 Å². The molecule has 0 spiro atoms. The molecule has 0 bridgehead atoms. The molecule has 2 aromatic heterocycles. The minimum absolute atomic E-state index is 0.0662. The fourth-order valence-electron chi connectivity index (χ4n) is 3.00. The lowest BCUT2D eigenvalue weighted by Crippen LogP contribution is -2.38. The van der Waals surface area contributed by atoms with Gasteiger partial charge in [0.05, 0.1) is 11.4 Å². The fourth-order valence-corrected chi connectivity index (χ4v) is 3.58. The summed E-state index contributed by atoms with van der Waals surface area (Å²) in [6.07, 6.45) is 0.900. The largest absolute Gasteiger partial charge is 0.348 e. The number of nitrogens with one attached hydrogen (secondary N) is 2. The average molecular weight is 376 g/mol. The van der Waals surface area contributed by atoms with Crippen LogP contribution in [-0.2, 0) is 6.54 Å². The van der Waals surface area contributed by atoms with Crippen molar-refractivity contribution in [3.63, 3.8) is 0 Å². The fraction of sp³-hybridized carbons (Fsp3) is 0.471. The van der Waals surface area contributed by atoms with Crippen LogP contribution in [0.25, 0.3) is 0 Å². The Hall–Kier alpha value is -2.39. The molecule has 0 aliphatic carbocycles. The molecule has 1 saturated heterocycles. The highest BCUT2D eigenvalue weighted by Gasteiger charge is 2.29. The van der Waals surface area contributed by atoms with Crippen LogP contribution < -0.4 is 15.8 Å². The van der Waals surface area contributed by atoms with Gasteiger partial charge in [-0.25, -0.2) is 9.78 Å². The molecular weight excluding hydrogens is 352 g/mol. The predicted octanol–water partition coefficient (Wildman–Crippen LogP) is 1.64. The Morgan fingerprint density at radius 3 is 2.96 bits per heavy atom. The molecule has 26 heavy (non-hydrogen) atoms. The van der Waals surface area contributed by atoms with Crippen LogP contribution >= 0.6 is 11.3 Å². The average Bonchev–Trinajstić information content (AvgIpc) is 3.25. The lowest BCUT2D eigenvalue weighted by molar-refractivity contribution is 0.207. The van der Waals surface area contributed by atoms with Gasteiger partial charge in [0.15, 0.2) is 0 Å². The van der Waals surface area contributed by atoms with Crippen molar-refractivity contribution in [1.82, 2.24) is 19.8 Å². The maximum absolute atomic E-state index is 12.3. The molecule has 2 N–H and O–H groups in total. The van der Waals surface area contributed by atoms with Crippen LogP contribution in [0.3, 0.4) is 0 Å². The molecular formula is C17H24N6O2S. The summed E-state index contributed by atoms with van der Waals surface area (Å²) in [6, 6.07) is 3.60.